The molecule has 3 N–H and O–H groups in total. The van der Waals surface area contributed by atoms with Crippen molar-refractivity contribution < 1.29 is 14.6 Å². The summed E-state index contributed by atoms with van der Waals surface area (Å²) >= 11 is 0. The van der Waals surface area contributed by atoms with E-state index in [4.69, 9.17) is 9.84 Å². The summed E-state index contributed by atoms with van der Waals surface area (Å²) in [6, 6.07) is 11.0. The van der Waals surface area contributed by atoms with Gasteiger partial charge in [-0.15, -0.1) is 0 Å². The molecule has 2 rings (SSSR count). The minimum atomic E-state index is -0.251. The number of anilines is 2. The quantitative estimate of drug-likeness (QED) is 0.726. The van der Waals surface area contributed by atoms with Crippen LogP contribution in [-0.4, -0.2) is 35.8 Å². The number of ether oxygens (including phenoxy) is 1. The van der Waals surface area contributed by atoms with Gasteiger partial charge in [0.25, 0.3) is 5.91 Å². The minimum absolute atomic E-state index is 0.0382. The zero-order chi connectivity index (χ0) is 15.8. The second-order valence-electron chi connectivity index (χ2n) is 4.73. The summed E-state index contributed by atoms with van der Waals surface area (Å²) in [6.45, 7) is 2.40. The third kappa shape index (κ3) is 5.06. The predicted octanol–water partition coefficient (Wildman–Crippen LogP) is 1.81. The summed E-state index contributed by atoms with van der Waals surface area (Å²) < 4.78 is 5.40. The molecule has 0 radical (unpaired) electrons. The average molecular weight is 301 g/mol. The first-order valence-electron chi connectivity index (χ1n) is 6.97. The van der Waals surface area contributed by atoms with Crippen molar-refractivity contribution in [3.8, 4) is 5.75 Å². The van der Waals surface area contributed by atoms with Gasteiger partial charge in [0.2, 0.25) is 0 Å². The van der Waals surface area contributed by atoms with Crippen molar-refractivity contribution in [2.24, 2.45) is 0 Å². The molecule has 0 aliphatic heterocycles. The zero-order valence-corrected chi connectivity index (χ0v) is 12.4. The van der Waals surface area contributed by atoms with Crippen LogP contribution in [0.3, 0.4) is 0 Å². The smallest absolute Gasteiger partial charge is 0.262 e. The van der Waals surface area contributed by atoms with Crippen molar-refractivity contribution in [1.29, 1.82) is 0 Å². The Morgan fingerprint density at radius 3 is 2.64 bits per heavy atom. The van der Waals surface area contributed by atoms with Crippen LogP contribution in [0.1, 0.15) is 5.56 Å². The number of hydrogen-bond acceptors (Lipinski definition) is 5. The number of benzene rings is 1. The normalized spacial score (nSPS) is 10.1. The van der Waals surface area contributed by atoms with Gasteiger partial charge in [-0.1, -0.05) is 17.7 Å². The first-order valence-corrected chi connectivity index (χ1v) is 6.97. The summed E-state index contributed by atoms with van der Waals surface area (Å²) in [5, 5.41) is 14.3. The molecule has 2 aromatic rings. The van der Waals surface area contributed by atoms with E-state index in [1.807, 2.05) is 31.2 Å². The molecule has 0 aliphatic rings. The Balaban J connectivity index is 1.80. The van der Waals surface area contributed by atoms with Crippen molar-refractivity contribution in [2.45, 2.75) is 6.92 Å². The molecule has 6 heteroatoms. The Bertz CT molecular complexity index is 597. The van der Waals surface area contributed by atoms with Gasteiger partial charge in [-0.05, 0) is 31.2 Å². The van der Waals surface area contributed by atoms with E-state index in [9.17, 15) is 4.79 Å². The molecule has 0 atom stereocenters. The van der Waals surface area contributed by atoms with E-state index in [1.54, 1.807) is 18.3 Å². The number of pyridine rings is 1. The number of aliphatic hydroxyl groups is 1. The van der Waals surface area contributed by atoms with Crippen molar-refractivity contribution in [3.63, 3.8) is 0 Å². The van der Waals surface area contributed by atoms with Crippen LogP contribution in [0.4, 0.5) is 11.5 Å². The maximum absolute atomic E-state index is 11.8. The van der Waals surface area contributed by atoms with Crippen LogP contribution in [0.5, 0.6) is 5.75 Å². The summed E-state index contributed by atoms with van der Waals surface area (Å²) in [5.74, 6) is 1.05. The van der Waals surface area contributed by atoms with Gasteiger partial charge >= 0.3 is 0 Å². The van der Waals surface area contributed by atoms with Crippen molar-refractivity contribution in [2.75, 3.05) is 30.4 Å². The lowest BCUT2D eigenvalue weighted by Crippen LogP contribution is -2.20. The molecule has 0 saturated heterocycles. The van der Waals surface area contributed by atoms with Gasteiger partial charge in [-0.3, -0.25) is 4.79 Å². The van der Waals surface area contributed by atoms with Crippen LogP contribution in [-0.2, 0) is 4.79 Å². The molecule has 0 bridgehead atoms. The van der Waals surface area contributed by atoms with Gasteiger partial charge in [-0.25, -0.2) is 4.98 Å². The van der Waals surface area contributed by atoms with E-state index in [1.165, 1.54) is 0 Å². The maximum Gasteiger partial charge on any atom is 0.262 e. The molecule has 0 saturated carbocycles. The van der Waals surface area contributed by atoms with Gasteiger partial charge in [-0.2, -0.15) is 0 Å². The largest absolute Gasteiger partial charge is 0.484 e. The second-order valence-corrected chi connectivity index (χ2v) is 4.73. The van der Waals surface area contributed by atoms with E-state index >= 15 is 0 Å². The second kappa shape index (κ2) is 7.99. The van der Waals surface area contributed by atoms with Gasteiger partial charge in [0.05, 0.1) is 18.5 Å². The number of carbonyl (C=O) groups excluding carboxylic acids is 1. The van der Waals surface area contributed by atoms with Gasteiger partial charge < -0.3 is 20.5 Å². The summed E-state index contributed by atoms with van der Waals surface area (Å²) in [4.78, 5) is 15.9. The number of carbonyl (C=O) groups is 1. The number of aryl methyl sites for hydroxylation is 1. The highest BCUT2D eigenvalue weighted by molar-refractivity contribution is 5.91. The highest BCUT2D eigenvalue weighted by Crippen LogP contribution is 2.12. The van der Waals surface area contributed by atoms with E-state index < -0.39 is 0 Å². The highest BCUT2D eigenvalue weighted by Gasteiger charge is 2.04. The Labute approximate surface area is 129 Å². The standard InChI is InChI=1S/C16H19N3O3/c1-12-2-5-14(6-3-12)22-11-16(21)19-13-4-7-15(18-10-13)17-8-9-20/h2-7,10,20H,8-9,11H2,1H3,(H,17,18)(H,19,21). The molecule has 1 amide bonds. The number of nitrogens with one attached hydrogen (secondary N) is 2. The molecule has 0 unspecified atom stereocenters. The Morgan fingerprint density at radius 2 is 2.00 bits per heavy atom. The molecule has 0 fully saturated rings. The molecular weight excluding hydrogens is 282 g/mol. The summed E-state index contributed by atoms with van der Waals surface area (Å²) in [6.07, 6.45) is 1.55. The lowest BCUT2D eigenvalue weighted by molar-refractivity contribution is -0.118. The van der Waals surface area contributed by atoms with Gasteiger partial charge in [0.1, 0.15) is 11.6 Å². The van der Waals surface area contributed by atoms with Crippen molar-refractivity contribution in [3.05, 3.63) is 48.2 Å². The van der Waals surface area contributed by atoms with Gasteiger partial charge in [0.15, 0.2) is 6.61 Å². The predicted molar refractivity (Wildman–Crippen MR) is 85.1 cm³/mol. The van der Waals surface area contributed by atoms with Crippen LogP contribution < -0.4 is 15.4 Å². The van der Waals surface area contributed by atoms with Crippen LogP contribution in [0, 0.1) is 6.92 Å². The fourth-order valence-corrected chi connectivity index (χ4v) is 1.74. The maximum atomic E-state index is 11.8. The fourth-order valence-electron chi connectivity index (χ4n) is 1.74. The molecule has 116 valence electrons. The summed E-state index contributed by atoms with van der Waals surface area (Å²) in [5.41, 5.74) is 1.73. The topological polar surface area (TPSA) is 83.5 Å². The SMILES string of the molecule is Cc1ccc(OCC(=O)Nc2ccc(NCCO)nc2)cc1. The Morgan fingerprint density at radius 1 is 1.23 bits per heavy atom. The fraction of sp³-hybridized carbons (Fsp3) is 0.250. The molecule has 22 heavy (non-hydrogen) atoms. The molecule has 1 aromatic heterocycles. The number of aliphatic hydroxyl groups excluding tert-OH is 1. The number of rotatable bonds is 7. The first-order chi connectivity index (χ1) is 10.7. The lowest BCUT2D eigenvalue weighted by atomic mass is 10.2. The van der Waals surface area contributed by atoms with E-state index in [-0.39, 0.29) is 19.1 Å². The Hall–Kier alpha value is -2.60. The minimum Gasteiger partial charge on any atom is -0.484 e. The first kappa shape index (κ1) is 15.8. The molecule has 1 heterocycles. The van der Waals surface area contributed by atoms with Crippen LogP contribution in [0.15, 0.2) is 42.6 Å². The lowest BCUT2D eigenvalue weighted by Gasteiger charge is -2.08. The average Bonchev–Trinajstić information content (AvgIpc) is 2.54. The molecular formula is C16H19N3O3. The van der Waals surface area contributed by atoms with Crippen molar-refractivity contribution in [1.82, 2.24) is 4.98 Å². The highest BCUT2D eigenvalue weighted by atomic mass is 16.5. The van der Waals surface area contributed by atoms with E-state index in [0.717, 1.165) is 5.56 Å². The van der Waals surface area contributed by atoms with Crippen LogP contribution in [0.2, 0.25) is 0 Å². The molecule has 0 spiro atoms. The molecule has 0 aliphatic carbocycles. The Kier molecular flexibility index (Phi) is 5.73. The summed E-state index contributed by atoms with van der Waals surface area (Å²) in [7, 11) is 0. The number of amides is 1. The number of nitrogens with zero attached hydrogens (tertiary/aromatic N) is 1. The third-order valence-electron chi connectivity index (χ3n) is 2.86. The van der Waals surface area contributed by atoms with Gasteiger partial charge in [0, 0.05) is 6.54 Å². The zero-order valence-electron chi connectivity index (χ0n) is 12.4. The monoisotopic (exact) mass is 301 g/mol. The van der Waals surface area contributed by atoms with Crippen LogP contribution >= 0.6 is 0 Å². The van der Waals surface area contributed by atoms with Crippen LogP contribution in [0.25, 0.3) is 0 Å². The van der Waals surface area contributed by atoms with Crippen molar-refractivity contribution >= 4 is 17.4 Å². The van der Waals surface area contributed by atoms with E-state index in [0.29, 0.717) is 23.8 Å². The third-order valence-corrected chi connectivity index (χ3v) is 2.86. The molecule has 1 aromatic carbocycles. The van der Waals surface area contributed by atoms with E-state index in [2.05, 4.69) is 15.6 Å². The number of hydrogen-bond donors (Lipinski definition) is 3. The number of aromatic nitrogens is 1. The molecule has 6 nitrogen and oxygen atoms in total.